The molecule has 0 aliphatic heterocycles. The van der Waals surface area contributed by atoms with E-state index >= 15 is 0 Å². The van der Waals surface area contributed by atoms with Gasteiger partial charge in [-0.15, -0.1) is 0 Å². The lowest BCUT2D eigenvalue weighted by Crippen LogP contribution is -2.08. The fourth-order valence-corrected chi connectivity index (χ4v) is 4.32. The summed E-state index contributed by atoms with van der Waals surface area (Å²) in [6.07, 6.45) is 0. The van der Waals surface area contributed by atoms with Gasteiger partial charge in [-0.3, -0.25) is 0 Å². The molecule has 4 aromatic rings. The normalized spacial score (nSPS) is 11.2. The maximum Gasteiger partial charge on any atom is 0.118 e. The first-order chi connectivity index (χ1) is 15.2. The van der Waals surface area contributed by atoms with Gasteiger partial charge in [-0.1, -0.05) is 48.5 Å². The molecular formula is C29H28O3. The van der Waals surface area contributed by atoms with Crippen LogP contribution in [0.4, 0.5) is 0 Å². The lowest BCUT2D eigenvalue weighted by Gasteiger charge is -2.24. The monoisotopic (exact) mass is 424 g/mol. The predicted molar refractivity (Wildman–Crippen MR) is 130 cm³/mol. The molecule has 0 amide bonds. The van der Waals surface area contributed by atoms with E-state index in [1.807, 2.05) is 52.0 Å². The van der Waals surface area contributed by atoms with Crippen molar-refractivity contribution in [3.63, 3.8) is 0 Å². The third-order valence-electron chi connectivity index (χ3n) is 6.24. The molecule has 0 bridgehead atoms. The molecule has 0 fully saturated rings. The highest BCUT2D eigenvalue weighted by Gasteiger charge is 2.22. The summed E-state index contributed by atoms with van der Waals surface area (Å²) in [5, 5.41) is 30.0. The Morgan fingerprint density at radius 1 is 0.500 bits per heavy atom. The SMILES string of the molecule is Cc1cc(C(c2ccc(-c3ccc(O)cc3)cc2)c2cc(C)c(O)cc2C)c(C)cc1O. The van der Waals surface area contributed by atoms with Gasteiger partial charge < -0.3 is 15.3 Å². The Kier molecular flexibility index (Phi) is 5.67. The third kappa shape index (κ3) is 4.06. The van der Waals surface area contributed by atoms with E-state index in [4.69, 9.17) is 0 Å². The van der Waals surface area contributed by atoms with Crippen LogP contribution in [0.15, 0.2) is 72.8 Å². The quantitative estimate of drug-likeness (QED) is 0.313. The van der Waals surface area contributed by atoms with Crippen LogP contribution in [0.3, 0.4) is 0 Å². The van der Waals surface area contributed by atoms with Crippen molar-refractivity contribution < 1.29 is 15.3 Å². The average molecular weight is 425 g/mol. The van der Waals surface area contributed by atoms with Gasteiger partial charge in [-0.25, -0.2) is 0 Å². The summed E-state index contributed by atoms with van der Waals surface area (Å²) in [5.74, 6) is 0.807. The lowest BCUT2D eigenvalue weighted by atomic mass is 9.79. The highest BCUT2D eigenvalue weighted by molar-refractivity contribution is 5.65. The Morgan fingerprint density at radius 2 is 0.906 bits per heavy atom. The summed E-state index contributed by atoms with van der Waals surface area (Å²) in [4.78, 5) is 0. The molecule has 0 aliphatic carbocycles. The highest BCUT2D eigenvalue weighted by Crippen LogP contribution is 2.40. The first-order valence-corrected chi connectivity index (χ1v) is 10.7. The van der Waals surface area contributed by atoms with Crippen LogP contribution in [0.25, 0.3) is 11.1 Å². The van der Waals surface area contributed by atoms with Crippen molar-refractivity contribution >= 4 is 0 Å². The van der Waals surface area contributed by atoms with Crippen molar-refractivity contribution in [1.82, 2.24) is 0 Å². The molecule has 0 unspecified atom stereocenters. The Balaban J connectivity index is 1.88. The van der Waals surface area contributed by atoms with Crippen LogP contribution in [0, 0.1) is 27.7 Å². The second-order valence-electron chi connectivity index (χ2n) is 8.59. The maximum atomic E-state index is 10.2. The summed E-state index contributed by atoms with van der Waals surface area (Å²) < 4.78 is 0. The molecule has 0 heterocycles. The van der Waals surface area contributed by atoms with E-state index in [1.165, 1.54) is 0 Å². The molecule has 0 spiro atoms. The van der Waals surface area contributed by atoms with Crippen LogP contribution in [0.5, 0.6) is 17.2 Å². The van der Waals surface area contributed by atoms with Gasteiger partial charge in [0.1, 0.15) is 17.2 Å². The minimum atomic E-state index is -0.0394. The van der Waals surface area contributed by atoms with Crippen LogP contribution in [-0.2, 0) is 0 Å². The Labute approximate surface area is 189 Å². The molecule has 162 valence electrons. The van der Waals surface area contributed by atoms with Crippen molar-refractivity contribution in [1.29, 1.82) is 0 Å². The number of benzene rings is 4. The van der Waals surface area contributed by atoms with Crippen LogP contribution in [-0.4, -0.2) is 15.3 Å². The van der Waals surface area contributed by atoms with Gasteiger partial charge in [0, 0.05) is 5.92 Å². The van der Waals surface area contributed by atoms with Gasteiger partial charge in [0.25, 0.3) is 0 Å². The Morgan fingerprint density at radius 3 is 1.34 bits per heavy atom. The minimum absolute atomic E-state index is 0.0394. The minimum Gasteiger partial charge on any atom is -0.508 e. The van der Waals surface area contributed by atoms with E-state index in [2.05, 4.69) is 36.4 Å². The van der Waals surface area contributed by atoms with Gasteiger partial charge in [-0.05, 0) is 102 Å². The number of rotatable bonds is 4. The molecule has 3 heteroatoms. The smallest absolute Gasteiger partial charge is 0.118 e. The standard InChI is InChI=1S/C29H28O3/c1-17-15-27(31)19(3)13-25(17)29(26-14-20(4)28(32)16-18(26)2)23-7-5-21(6-8-23)22-9-11-24(30)12-10-22/h5-16,29-32H,1-4H3. The molecule has 32 heavy (non-hydrogen) atoms. The topological polar surface area (TPSA) is 60.7 Å². The van der Waals surface area contributed by atoms with E-state index in [-0.39, 0.29) is 11.7 Å². The van der Waals surface area contributed by atoms with Crippen LogP contribution in [0.2, 0.25) is 0 Å². The van der Waals surface area contributed by atoms with Crippen molar-refractivity contribution in [2.75, 3.05) is 0 Å². The summed E-state index contributed by atoms with van der Waals surface area (Å²) in [7, 11) is 0. The first kappa shape index (κ1) is 21.5. The third-order valence-corrected chi connectivity index (χ3v) is 6.24. The second-order valence-corrected chi connectivity index (χ2v) is 8.59. The predicted octanol–water partition coefficient (Wildman–Crippen LogP) is 6.88. The maximum absolute atomic E-state index is 10.2. The van der Waals surface area contributed by atoms with E-state index in [1.54, 1.807) is 12.1 Å². The second kappa shape index (κ2) is 8.43. The zero-order valence-electron chi connectivity index (χ0n) is 18.8. The molecule has 0 radical (unpaired) electrons. The molecule has 4 aromatic carbocycles. The van der Waals surface area contributed by atoms with Crippen LogP contribution >= 0.6 is 0 Å². The molecule has 0 saturated carbocycles. The number of aromatic hydroxyl groups is 3. The molecule has 3 N–H and O–H groups in total. The fraction of sp³-hybridized carbons (Fsp3) is 0.172. The van der Waals surface area contributed by atoms with Crippen LogP contribution in [0.1, 0.15) is 44.9 Å². The largest absolute Gasteiger partial charge is 0.508 e. The number of phenols is 3. The number of aryl methyl sites for hydroxylation is 4. The van der Waals surface area contributed by atoms with Gasteiger partial charge in [0.2, 0.25) is 0 Å². The van der Waals surface area contributed by atoms with E-state index in [0.29, 0.717) is 11.5 Å². The zero-order chi connectivity index (χ0) is 23.0. The lowest BCUT2D eigenvalue weighted by molar-refractivity contribution is 0.470. The van der Waals surface area contributed by atoms with E-state index in [0.717, 1.165) is 50.1 Å². The number of hydrogen-bond acceptors (Lipinski definition) is 3. The van der Waals surface area contributed by atoms with E-state index < -0.39 is 0 Å². The summed E-state index contributed by atoms with van der Waals surface area (Å²) in [6, 6.07) is 23.4. The Bertz CT molecular complexity index is 1210. The van der Waals surface area contributed by atoms with Crippen molar-refractivity contribution in [3.05, 3.63) is 112 Å². The zero-order valence-corrected chi connectivity index (χ0v) is 18.8. The van der Waals surface area contributed by atoms with Gasteiger partial charge in [0.15, 0.2) is 0 Å². The molecule has 0 atom stereocenters. The summed E-state index contributed by atoms with van der Waals surface area (Å²) in [5.41, 5.74) is 9.22. The van der Waals surface area contributed by atoms with Crippen molar-refractivity contribution in [2.24, 2.45) is 0 Å². The molecule has 0 aromatic heterocycles. The summed E-state index contributed by atoms with van der Waals surface area (Å²) >= 11 is 0. The molecule has 3 nitrogen and oxygen atoms in total. The fourth-order valence-electron chi connectivity index (χ4n) is 4.32. The summed E-state index contributed by atoms with van der Waals surface area (Å²) in [6.45, 7) is 7.88. The molecular weight excluding hydrogens is 396 g/mol. The van der Waals surface area contributed by atoms with Gasteiger partial charge >= 0.3 is 0 Å². The average Bonchev–Trinajstić information content (AvgIpc) is 2.76. The molecule has 4 rings (SSSR count). The van der Waals surface area contributed by atoms with E-state index in [9.17, 15) is 15.3 Å². The molecule has 0 aliphatic rings. The van der Waals surface area contributed by atoms with Crippen LogP contribution < -0.4 is 0 Å². The Hall–Kier alpha value is -3.72. The van der Waals surface area contributed by atoms with Crippen molar-refractivity contribution in [2.45, 2.75) is 33.6 Å². The number of hydrogen-bond donors (Lipinski definition) is 3. The highest BCUT2D eigenvalue weighted by atomic mass is 16.3. The first-order valence-electron chi connectivity index (χ1n) is 10.7. The van der Waals surface area contributed by atoms with Gasteiger partial charge in [0.05, 0.1) is 0 Å². The number of phenolic OH excluding ortho intramolecular Hbond substituents is 3. The van der Waals surface area contributed by atoms with Gasteiger partial charge in [-0.2, -0.15) is 0 Å². The van der Waals surface area contributed by atoms with Crippen molar-refractivity contribution in [3.8, 4) is 28.4 Å². The molecule has 0 saturated heterocycles.